The minimum Gasteiger partial charge on any atom is -0.490 e. The normalized spacial score (nSPS) is 16.0. The molecule has 2 aliphatic heterocycles. The molecule has 1 fully saturated rings. The van der Waals surface area contributed by atoms with Crippen molar-refractivity contribution >= 4 is 34.3 Å². The summed E-state index contributed by atoms with van der Waals surface area (Å²) >= 11 is 0. The van der Waals surface area contributed by atoms with Crippen molar-refractivity contribution in [3.63, 3.8) is 0 Å². The fraction of sp³-hybridized carbons (Fsp3) is 0.286. The zero-order valence-corrected chi connectivity index (χ0v) is 23.6. The van der Waals surface area contributed by atoms with Crippen LogP contribution < -0.4 is 21.1 Å². The predicted octanol–water partition coefficient (Wildman–Crippen LogP) is 6.26. The maximum absolute atomic E-state index is 6.68. The van der Waals surface area contributed by atoms with E-state index in [9.17, 15) is 0 Å². The highest BCUT2D eigenvalue weighted by atomic mass is 16.5. The monoisotopic (exact) mass is 545 g/mol. The Morgan fingerprint density at radius 1 is 1.00 bits per heavy atom. The quantitative estimate of drug-likeness (QED) is 0.229. The van der Waals surface area contributed by atoms with Crippen LogP contribution in [0, 0.1) is 0 Å². The lowest BCUT2D eigenvalue weighted by molar-refractivity contribution is 0.286. The number of likely N-dealkylation sites (tertiary alicyclic amines) is 1. The van der Waals surface area contributed by atoms with Crippen LogP contribution in [-0.4, -0.2) is 42.2 Å². The summed E-state index contributed by atoms with van der Waals surface area (Å²) in [4.78, 5) is 9.17. The van der Waals surface area contributed by atoms with E-state index in [2.05, 4.69) is 75.6 Å². The SMILES string of the molecule is Nc1c2c(cc3cc(/C=C/CCN4CCCC4)ccc13)CN(c1cncc(OC[C@H](N)Cc3ccccc3)c1)C=C2. The maximum atomic E-state index is 6.68. The van der Waals surface area contributed by atoms with Gasteiger partial charge in [-0.05, 0) is 79.1 Å². The fourth-order valence-electron chi connectivity index (χ4n) is 5.84. The van der Waals surface area contributed by atoms with Crippen molar-refractivity contribution < 1.29 is 4.74 Å². The van der Waals surface area contributed by atoms with E-state index >= 15 is 0 Å². The van der Waals surface area contributed by atoms with Crippen LogP contribution in [0.3, 0.4) is 0 Å². The van der Waals surface area contributed by atoms with E-state index < -0.39 is 0 Å². The van der Waals surface area contributed by atoms with Crippen molar-refractivity contribution in [2.45, 2.75) is 38.3 Å². The van der Waals surface area contributed by atoms with Crippen LogP contribution in [0.25, 0.3) is 22.9 Å². The minimum absolute atomic E-state index is 0.0936. The average molecular weight is 546 g/mol. The van der Waals surface area contributed by atoms with E-state index in [0.29, 0.717) is 18.9 Å². The number of nitrogen functional groups attached to an aromatic ring is 1. The van der Waals surface area contributed by atoms with E-state index in [0.717, 1.165) is 41.7 Å². The second-order valence-corrected chi connectivity index (χ2v) is 11.2. The van der Waals surface area contributed by atoms with Crippen LogP contribution in [0.4, 0.5) is 11.4 Å². The van der Waals surface area contributed by atoms with E-state index in [1.807, 2.05) is 30.5 Å². The summed E-state index contributed by atoms with van der Waals surface area (Å²) in [6, 6.07) is 21.0. The molecule has 3 aromatic carbocycles. The Kier molecular flexibility index (Phi) is 8.31. The fourth-order valence-corrected chi connectivity index (χ4v) is 5.84. The van der Waals surface area contributed by atoms with Crippen molar-refractivity contribution in [2.75, 3.05) is 36.9 Å². The van der Waals surface area contributed by atoms with Gasteiger partial charge in [0.2, 0.25) is 0 Å². The zero-order valence-electron chi connectivity index (χ0n) is 23.6. The van der Waals surface area contributed by atoms with Gasteiger partial charge in [-0.2, -0.15) is 0 Å². The third-order valence-electron chi connectivity index (χ3n) is 8.05. The molecular weight excluding hydrogens is 506 g/mol. The van der Waals surface area contributed by atoms with Gasteiger partial charge in [-0.3, -0.25) is 4.98 Å². The molecule has 6 heteroatoms. The van der Waals surface area contributed by atoms with Crippen LogP contribution in [0.1, 0.15) is 41.5 Å². The van der Waals surface area contributed by atoms with Gasteiger partial charge in [-0.15, -0.1) is 0 Å². The largest absolute Gasteiger partial charge is 0.490 e. The van der Waals surface area contributed by atoms with Gasteiger partial charge in [0.05, 0.1) is 18.1 Å². The van der Waals surface area contributed by atoms with Gasteiger partial charge < -0.3 is 26.0 Å². The Balaban J connectivity index is 1.12. The average Bonchev–Trinajstić information content (AvgIpc) is 3.52. The molecule has 4 N–H and O–H groups in total. The van der Waals surface area contributed by atoms with Gasteiger partial charge in [-0.25, -0.2) is 0 Å². The summed E-state index contributed by atoms with van der Waals surface area (Å²) in [5.74, 6) is 0.712. The number of hydrogen-bond acceptors (Lipinski definition) is 6. The number of anilines is 2. The lowest BCUT2D eigenvalue weighted by Gasteiger charge is -2.27. The van der Waals surface area contributed by atoms with Crippen molar-refractivity contribution in [1.82, 2.24) is 9.88 Å². The first kappa shape index (κ1) is 27.1. The number of aromatic nitrogens is 1. The molecule has 0 bridgehead atoms. The molecule has 2 aliphatic rings. The number of nitrogens with zero attached hydrogens (tertiary/aromatic N) is 3. The van der Waals surface area contributed by atoms with E-state index in [-0.39, 0.29) is 6.04 Å². The Morgan fingerprint density at radius 2 is 1.85 bits per heavy atom. The molecule has 210 valence electrons. The molecule has 0 amide bonds. The highest BCUT2D eigenvalue weighted by molar-refractivity contribution is 5.99. The summed E-state index contributed by atoms with van der Waals surface area (Å²) in [5.41, 5.74) is 19.5. The first-order chi connectivity index (χ1) is 20.1. The molecule has 1 atom stereocenters. The number of fused-ring (bicyclic) bond motifs is 2. The van der Waals surface area contributed by atoms with Crippen LogP contribution in [0.5, 0.6) is 5.75 Å². The number of rotatable bonds is 10. The van der Waals surface area contributed by atoms with E-state index in [1.165, 1.54) is 48.0 Å². The highest BCUT2D eigenvalue weighted by Gasteiger charge is 2.18. The number of ether oxygens (including phenoxy) is 1. The molecule has 1 aromatic heterocycles. The Hall–Kier alpha value is -4.13. The number of pyridine rings is 1. The summed E-state index contributed by atoms with van der Waals surface area (Å²) in [6.45, 7) is 4.77. The molecule has 0 radical (unpaired) electrons. The molecule has 0 saturated carbocycles. The number of benzene rings is 3. The second kappa shape index (κ2) is 12.6. The van der Waals surface area contributed by atoms with E-state index in [4.69, 9.17) is 16.2 Å². The van der Waals surface area contributed by atoms with Gasteiger partial charge >= 0.3 is 0 Å². The van der Waals surface area contributed by atoms with Crippen molar-refractivity contribution in [3.05, 3.63) is 108 Å². The predicted molar refractivity (Wildman–Crippen MR) is 171 cm³/mol. The van der Waals surface area contributed by atoms with Gasteiger partial charge in [0.1, 0.15) is 12.4 Å². The van der Waals surface area contributed by atoms with Crippen molar-refractivity contribution in [3.8, 4) is 5.75 Å². The van der Waals surface area contributed by atoms with Crippen LogP contribution in [-0.2, 0) is 13.0 Å². The lowest BCUT2D eigenvalue weighted by Crippen LogP contribution is -2.30. The molecule has 6 rings (SSSR count). The summed E-state index contributed by atoms with van der Waals surface area (Å²) in [5, 5.41) is 2.26. The molecule has 3 heterocycles. The number of nitrogens with two attached hydrogens (primary N) is 2. The zero-order chi connectivity index (χ0) is 28.0. The van der Waals surface area contributed by atoms with Crippen LogP contribution >= 0.6 is 0 Å². The Morgan fingerprint density at radius 3 is 2.71 bits per heavy atom. The highest BCUT2D eigenvalue weighted by Crippen LogP contribution is 2.35. The third kappa shape index (κ3) is 6.62. The number of hydrogen-bond donors (Lipinski definition) is 2. The van der Waals surface area contributed by atoms with Gasteiger partial charge in [0, 0.05) is 48.0 Å². The molecule has 41 heavy (non-hydrogen) atoms. The topological polar surface area (TPSA) is 80.6 Å². The summed E-state index contributed by atoms with van der Waals surface area (Å²) in [6.07, 6.45) is 16.8. The molecule has 6 nitrogen and oxygen atoms in total. The Bertz CT molecular complexity index is 1540. The standard InChI is InChI=1S/C35H39N5O/c36-30(19-26-8-2-1-3-9-26)25-41-32-21-31(22-38-23-32)40-17-13-34-29(24-40)20-28-18-27(11-12-33(28)35(34)37)10-4-5-14-39-15-6-7-16-39/h1-4,8-13,17-18,20-23,30H,5-7,14-16,19,24-25,36-37H2/b10-4+/t30-/m1/s1. The third-order valence-corrected chi connectivity index (χ3v) is 8.05. The van der Waals surface area contributed by atoms with Crippen LogP contribution in [0.2, 0.25) is 0 Å². The minimum atomic E-state index is -0.0936. The lowest BCUT2D eigenvalue weighted by atomic mass is 9.95. The molecule has 1 saturated heterocycles. The molecule has 0 aliphatic carbocycles. The smallest absolute Gasteiger partial charge is 0.139 e. The second-order valence-electron chi connectivity index (χ2n) is 11.2. The molecule has 4 aromatic rings. The van der Waals surface area contributed by atoms with E-state index in [1.54, 1.807) is 6.20 Å². The van der Waals surface area contributed by atoms with Gasteiger partial charge in [0.25, 0.3) is 0 Å². The summed E-state index contributed by atoms with van der Waals surface area (Å²) in [7, 11) is 0. The molecular formula is C35H39N5O. The molecule has 0 unspecified atom stereocenters. The Labute approximate surface area is 242 Å². The van der Waals surface area contributed by atoms with Gasteiger partial charge in [0.15, 0.2) is 0 Å². The molecule has 0 spiro atoms. The maximum Gasteiger partial charge on any atom is 0.139 e. The first-order valence-corrected chi connectivity index (χ1v) is 14.7. The van der Waals surface area contributed by atoms with Crippen molar-refractivity contribution in [2.24, 2.45) is 5.73 Å². The van der Waals surface area contributed by atoms with Crippen molar-refractivity contribution in [1.29, 1.82) is 0 Å². The van der Waals surface area contributed by atoms with Gasteiger partial charge in [-0.1, -0.05) is 54.6 Å². The summed E-state index contributed by atoms with van der Waals surface area (Å²) < 4.78 is 6.03. The van der Waals surface area contributed by atoms with Crippen LogP contribution in [0.15, 0.2) is 85.3 Å². The first-order valence-electron chi connectivity index (χ1n) is 14.7.